The summed E-state index contributed by atoms with van der Waals surface area (Å²) in [6.45, 7) is 4.80. The summed E-state index contributed by atoms with van der Waals surface area (Å²) in [4.78, 5) is 14.6. The molecule has 0 saturated carbocycles. The largest absolute Gasteiger partial charge is 0.379 e. The molecule has 1 aliphatic rings. The van der Waals surface area contributed by atoms with Crippen molar-refractivity contribution < 1.29 is 9.53 Å². The zero-order chi connectivity index (χ0) is 19.9. The Morgan fingerprint density at radius 1 is 1.04 bits per heavy atom. The van der Waals surface area contributed by atoms with Crippen molar-refractivity contribution in [2.24, 2.45) is 0 Å². The van der Waals surface area contributed by atoms with E-state index in [9.17, 15) is 4.79 Å². The van der Waals surface area contributed by atoms with E-state index in [1.54, 1.807) is 24.3 Å². The molecule has 1 heterocycles. The minimum Gasteiger partial charge on any atom is -0.379 e. The second-order valence-electron chi connectivity index (χ2n) is 6.45. The van der Waals surface area contributed by atoms with Gasteiger partial charge in [-0.15, -0.1) is 0 Å². The molecule has 2 aromatic rings. The molecule has 0 atom stereocenters. The molecule has 0 bridgehead atoms. The standard InChI is InChI=1S/C21H21Cl3N2O2/c22-17-13-19(23)18(20(24)14-17)6-3-15-1-4-16(5-2-15)21(27)25-7-8-26-9-11-28-12-10-26/h1-6,13-14H,7-12H2,(H,25,27)/b6-3+. The van der Waals surface area contributed by atoms with Gasteiger partial charge in [-0.3, -0.25) is 9.69 Å². The lowest BCUT2D eigenvalue weighted by Crippen LogP contribution is -2.41. The number of carbonyl (C=O) groups is 1. The van der Waals surface area contributed by atoms with Crippen LogP contribution in [0.1, 0.15) is 21.5 Å². The lowest BCUT2D eigenvalue weighted by molar-refractivity contribution is 0.0383. The maximum atomic E-state index is 12.3. The van der Waals surface area contributed by atoms with Gasteiger partial charge in [0.15, 0.2) is 0 Å². The fraction of sp³-hybridized carbons (Fsp3) is 0.286. The Balaban J connectivity index is 1.55. The normalized spacial score (nSPS) is 15.1. The molecule has 1 fully saturated rings. The number of nitrogens with one attached hydrogen (secondary N) is 1. The van der Waals surface area contributed by atoms with Crippen molar-refractivity contribution in [3.05, 3.63) is 68.2 Å². The van der Waals surface area contributed by atoms with Crippen LogP contribution in [0.2, 0.25) is 15.1 Å². The van der Waals surface area contributed by atoms with E-state index in [-0.39, 0.29) is 5.91 Å². The average Bonchev–Trinajstić information content (AvgIpc) is 2.68. The van der Waals surface area contributed by atoms with Crippen LogP contribution < -0.4 is 5.32 Å². The molecular weight excluding hydrogens is 419 g/mol. The predicted molar refractivity (Wildman–Crippen MR) is 116 cm³/mol. The van der Waals surface area contributed by atoms with Gasteiger partial charge in [-0.05, 0) is 29.8 Å². The lowest BCUT2D eigenvalue weighted by atomic mass is 10.1. The summed E-state index contributed by atoms with van der Waals surface area (Å²) in [6, 6.07) is 10.7. The van der Waals surface area contributed by atoms with Crippen LogP contribution in [0.4, 0.5) is 0 Å². The van der Waals surface area contributed by atoms with E-state index in [0.29, 0.717) is 32.7 Å². The molecule has 0 unspecified atom stereocenters. The van der Waals surface area contributed by atoms with Crippen LogP contribution in [-0.2, 0) is 4.74 Å². The Morgan fingerprint density at radius 2 is 1.68 bits per heavy atom. The van der Waals surface area contributed by atoms with E-state index in [0.717, 1.165) is 38.4 Å². The van der Waals surface area contributed by atoms with Gasteiger partial charge in [0.05, 0.1) is 23.3 Å². The van der Waals surface area contributed by atoms with Crippen LogP contribution in [-0.4, -0.2) is 50.2 Å². The van der Waals surface area contributed by atoms with Gasteiger partial charge >= 0.3 is 0 Å². The summed E-state index contributed by atoms with van der Waals surface area (Å²) in [5.74, 6) is -0.0763. The smallest absolute Gasteiger partial charge is 0.251 e. The fourth-order valence-corrected chi connectivity index (χ4v) is 3.84. The maximum absolute atomic E-state index is 12.3. The first-order valence-electron chi connectivity index (χ1n) is 9.04. The molecule has 28 heavy (non-hydrogen) atoms. The van der Waals surface area contributed by atoms with Gasteiger partial charge in [0.25, 0.3) is 5.91 Å². The number of hydrogen-bond acceptors (Lipinski definition) is 3. The number of nitrogens with zero attached hydrogens (tertiary/aromatic N) is 1. The van der Waals surface area contributed by atoms with Gasteiger partial charge in [0, 0.05) is 42.3 Å². The molecule has 0 aliphatic carbocycles. The molecule has 1 N–H and O–H groups in total. The Labute approximate surface area is 180 Å². The highest BCUT2D eigenvalue weighted by molar-refractivity contribution is 6.40. The molecule has 0 radical (unpaired) electrons. The number of halogens is 3. The Bertz CT molecular complexity index is 824. The maximum Gasteiger partial charge on any atom is 0.251 e. The van der Waals surface area contributed by atoms with Crippen molar-refractivity contribution in [1.82, 2.24) is 10.2 Å². The molecule has 0 aromatic heterocycles. The topological polar surface area (TPSA) is 41.6 Å². The lowest BCUT2D eigenvalue weighted by Gasteiger charge is -2.26. The first kappa shape index (κ1) is 21.2. The van der Waals surface area contributed by atoms with Gasteiger partial charge in [-0.2, -0.15) is 0 Å². The number of amides is 1. The van der Waals surface area contributed by atoms with Gasteiger partial charge in [0.1, 0.15) is 0 Å². The molecule has 0 spiro atoms. The van der Waals surface area contributed by atoms with Crippen LogP contribution >= 0.6 is 34.8 Å². The molecule has 1 aliphatic heterocycles. The minimum absolute atomic E-state index is 0.0763. The van der Waals surface area contributed by atoms with E-state index in [1.165, 1.54) is 0 Å². The van der Waals surface area contributed by atoms with Crippen LogP contribution in [0.3, 0.4) is 0 Å². The summed E-state index contributed by atoms with van der Waals surface area (Å²) in [6.07, 6.45) is 3.72. The predicted octanol–water partition coefficient (Wildman–Crippen LogP) is 4.88. The zero-order valence-corrected chi connectivity index (χ0v) is 17.5. The molecular formula is C21H21Cl3N2O2. The van der Waals surface area contributed by atoms with Crippen molar-refractivity contribution in [1.29, 1.82) is 0 Å². The minimum atomic E-state index is -0.0763. The van der Waals surface area contributed by atoms with Crippen molar-refractivity contribution in [2.45, 2.75) is 0 Å². The third-order valence-electron chi connectivity index (χ3n) is 4.48. The van der Waals surface area contributed by atoms with Crippen molar-refractivity contribution in [3.8, 4) is 0 Å². The average molecular weight is 440 g/mol. The monoisotopic (exact) mass is 438 g/mol. The summed E-state index contributed by atoms with van der Waals surface area (Å²) in [5.41, 5.74) is 2.27. The van der Waals surface area contributed by atoms with Crippen LogP contribution in [0.15, 0.2) is 36.4 Å². The summed E-state index contributed by atoms with van der Waals surface area (Å²) in [5, 5.41) is 4.43. The van der Waals surface area contributed by atoms with Crippen molar-refractivity contribution in [2.75, 3.05) is 39.4 Å². The SMILES string of the molecule is O=C(NCCN1CCOCC1)c1ccc(/C=C/c2c(Cl)cc(Cl)cc2Cl)cc1. The van der Waals surface area contributed by atoms with E-state index in [4.69, 9.17) is 39.5 Å². The molecule has 2 aromatic carbocycles. The number of ether oxygens (including phenoxy) is 1. The molecule has 3 rings (SSSR count). The number of carbonyl (C=O) groups excluding carboxylic acids is 1. The quantitative estimate of drug-likeness (QED) is 0.652. The van der Waals surface area contributed by atoms with Crippen LogP contribution in [0.5, 0.6) is 0 Å². The summed E-state index contributed by atoms with van der Waals surface area (Å²) >= 11 is 18.3. The number of rotatable bonds is 6. The second kappa shape index (κ2) is 10.3. The molecule has 1 amide bonds. The second-order valence-corrected chi connectivity index (χ2v) is 7.70. The van der Waals surface area contributed by atoms with Gasteiger partial charge in [-0.1, -0.05) is 59.1 Å². The number of hydrogen-bond donors (Lipinski definition) is 1. The highest BCUT2D eigenvalue weighted by atomic mass is 35.5. The fourth-order valence-electron chi connectivity index (χ4n) is 2.89. The summed E-state index contributed by atoms with van der Waals surface area (Å²) in [7, 11) is 0. The van der Waals surface area contributed by atoms with Gasteiger partial charge in [0.2, 0.25) is 0 Å². The Kier molecular flexibility index (Phi) is 7.77. The van der Waals surface area contributed by atoms with Crippen LogP contribution in [0, 0.1) is 0 Å². The highest BCUT2D eigenvalue weighted by Gasteiger charge is 2.11. The van der Waals surface area contributed by atoms with E-state index in [1.807, 2.05) is 24.3 Å². The first-order chi connectivity index (χ1) is 13.5. The molecule has 1 saturated heterocycles. The Morgan fingerprint density at radius 3 is 2.32 bits per heavy atom. The van der Waals surface area contributed by atoms with E-state index >= 15 is 0 Å². The van der Waals surface area contributed by atoms with Gasteiger partial charge in [-0.25, -0.2) is 0 Å². The van der Waals surface area contributed by atoms with Crippen molar-refractivity contribution >= 4 is 52.9 Å². The summed E-state index contributed by atoms with van der Waals surface area (Å²) < 4.78 is 5.32. The Hall–Kier alpha value is -1.56. The highest BCUT2D eigenvalue weighted by Crippen LogP contribution is 2.30. The zero-order valence-electron chi connectivity index (χ0n) is 15.3. The third kappa shape index (κ3) is 5.97. The van der Waals surface area contributed by atoms with Crippen LogP contribution in [0.25, 0.3) is 12.2 Å². The number of morpholine rings is 1. The van der Waals surface area contributed by atoms with Crippen molar-refractivity contribution in [3.63, 3.8) is 0 Å². The molecule has 148 valence electrons. The first-order valence-corrected chi connectivity index (χ1v) is 10.2. The van der Waals surface area contributed by atoms with Gasteiger partial charge < -0.3 is 10.1 Å². The third-order valence-corrected chi connectivity index (χ3v) is 5.32. The molecule has 7 heteroatoms. The number of benzene rings is 2. The molecule has 4 nitrogen and oxygen atoms in total. The van der Waals surface area contributed by atoms with E-state index < -0.39 is 0 Å². The van der Waals surface area contributed by atoms with E-state index in [2.05, 4.69) is 10.2 Å².